The molecule has 0 aliphatic heterocycles. The second-order valence-corrected chi connectivity index (χ2v) is 10.1. The van der Waals surface area contributed by atoms with Crippen molar-refractivity contribution in [3.8, 4) is 11.5 Å². The SMILES string of the molecule is CCOC(=O)c1cnc2c(c(C)nn2C)c1NCS(=O)(=O)c1ccc(Oc2ccc(Cl)cc2)cc1. The number of carbonyl (C=O) groups excluding carboxylic acids is 1. The minimum atomic E-state index is -3.77. The van der Waals surface area contributed by atoms with Gasteiger partial charge in [0.15, 0.2) is 15.5 Å². The van der Waals surface area contributed by atoms with E-state index in [0.717, 1.165) is 0 Å². The maximum absolute atomic E-state index is 13.1. The number of esters is 1. The number of nitrogens with zero attached hydrogens (tertiary/aromatic N) is 3. The zero-order valence-electron chi connectivity index (χ0n) is 19.3. The molecule has 2 aromatic carbocycles. The lowest BCUT2D eigenvalue weighted by atomic mass is 10.1. The van der Waals surface area contributed by atoms with Crippen LogP contribution in [0.1, 0.15) is 23.0 Å². The van der Waals surface area contributed by atoms with Gasteiger partial charge in [-0.2, -0.15) is 5.10 Å². The second-order valence-electron chi connectivity index (χ2n) is 7.64. The van der Waals surface area contributed by atoms with Crippen LogP contribution in [0, 0.1) is 6.92 Å². The van der Waals surface area contributed by atoms with Crippen LogP contribution in [-0.2, 0) is 21.6 Å². The smallest absolute Gasteiger partial charge is 0.341 e. The van der Waals surface area contributed by atoms with Gasteiger partial charge in [0.05, 0.1) is 28.3 Å². The highest BCUT2D eigenvalue weighted by Crippen LogP contribution is 2.30. The third-order valence-corrected chi connectivity index (χ3v) is 6.96. The highest BCUT2D eigenvalue weighted by atomic mass is 35.5. The molecular weight excluding hydrogens is 492 g/mol. The molecule has 4 rings (SSSR count). The third kappa shape index (κ3) is 5.23. The number of hydrogen-bond donors (Lipinski definition) is 1. The Bertz CT molecular complexity index is 1480. The van der Waals surface area contributed by atoms with Crippen LogP contribution in [0.4, 0.5) is 5.69 Å². The number of fused-ring (bicyclic) bond motifs is 1. The first-order chi connectivity index (χ1) is 16.7. The van der Waals surface area contributed by atoms with E-state index in [2.05, 4.69) is 15.4 Å². The molecule has 0 fully saturated rings. The summed E-state index contributed by atoms with van der Waals surface area (Å²) in [6.45, 7) is 3.63. The molecule has 0 atom stereocenters. The van der Waals surface area contributed by atoms with Crippen LogP contribution in [-0.4, -0.2) is 41.6 Å². The molecule has 11 heteroatoms. The normalized spacial score (nSPS) is 11.4. The molecule has 0 radical (unpaired) electrons. The molecule has 0 spiro atoms. The highest BCUT2D eigenvalue weighted by Gasteiger charge is 2.23. The summed E-state index contributed by atoms with van der Waals surface area (Å²) in [4.78, 5) is 16.9. The van der Waals surface area contributed by atoms with Crippen molar-refractivity contribution in [2.24, 2.45) is 7.05 Å². The molecule has 4 aromatic rings. The van der Waals surface area contributed by atoms with Crippen molar-refractivity contribution in [2.45, 2.75) is 18.7 Å². The lowest BCUT2D eigenvalue weighted by molar-refractivity contribution is 0.0527. The van der Waals surface area contributed by atoms with Gasteiger partial charge in [0.1, 0.15) is 22.9 Å². The molecule has 182 valence electrons. The molecule has 2 heterocycles. The van der Waals surface area contributed by atoms with Crippen LogP contribution in [0.15, 0.2) is 59.6 Å². The predicted octanol–water partition coefficient (Wildman–Crippen LogP) is 4.74. The Labute approximate surface area is 207 Å². The first kappa shape index (κ1) is 24.5. The summed E-state index contributed by atoms with van der Waals surface area (Å²) in [5.41, 5.74) is 1.56. The Balaban J connectivity index is 1.58. The van der Waals surface area contributed by atoms with E-state index >= 15 is 0 Å². The van der Waals surface area contributed by atoms with Crippen molar-refractivity contribution in [3.05, 3.63) is 71.0 Å². The molecule has 0 unspecified atom stereocenters. The Morgan fingerprint density at radius 2 is 1.71 bits per heavy atom. The van der Waals surface area contributed by atoms with Crippen molar-refractivity contribution in [1.29, 1.82) is 0 Å². The fourth-order valence-electron chi connectivity index (χ4n) is 3.56. The summed E-state index contributed by atoms with van der Waals surface area (Å²) < 4.78 is 38.6. The van der Waals surface area contributed by atoms with Crippen LogP contribution < -0.4 is 10.1 Å². The van der Waals surface area contributed by atoms with Crippen molar-refractivity contribution in [2.75, 3.05) is 17.8 Å². The lowest BCUT2D eigenvalue weighted by Crippen LogP contribution is -2.18. The largest absolute Gasteiger partial charge is 0.462 e. The topological polar surface area (TPSA) is 112 Å². The first-order valence-corrected chi connectivity index (χ1v) is 12.7. The van der Waals surface area contributed by atoms with E-state index in [0.29, 0.717) is 38.9 Å². The zero-order chi connectivity index (χ0) is 25.2. The fourth-order valence-corrected chi connectivity index (χ4v) is 4.74. The number of hydrogen-bond acceptors (Lipinski definition) is 8. The average Bonchev–Trinajstić information content (AvgIpc) is 3.13. The quantitative estimate of drug-likeness (QED) is 0.335. The summed E-state index contributed by atoms with van der Waals surface area (Å²) in [6.07, 6.45) is 1.36. The summed E-state index contributed by atoms with van der Waals surface area (Å²) in [5, 5.41) is 8.41. The molecule has 2 aromatic heterocycles. The summed E-state index contributed by atoms with van der Waals surface area (Å²) in [7, 11) is -2.04. The maximum Gasteiger partial charge on any atom is 0.341 e. The third-order valence-electron chi connectivity index (χ3n) is 5.19. The molecule has 0 aliphatic carbocycles. The number of benzene rings is 2. The maximum atomic E-state index is 13.1. The predicted molar refractivity (Wildman–Crippen MR) is 133 cm³/mol. The van der Waals surface area contributed by atoms with Gasteiger partial charge < -0.3 is 14.8 Å². The molecule has 35 heavy (non-hydrogen) atoms. The number of pyridine rings is 1. The molecule has 0 bridgehead atoms. The number of halogens is 1. The second kappa shape index (κ2) is 9.93. The number of aromatic nitrogens is 3. The zero-order valence-corrected chi connectivity index (χ0v) is 20.9. The van der Waals surface area contributed by atoms with Gasteiger partial charge in [0, 0.05) is 18.3 Å². The molecule has 0 saturated heterocycles. The van der Waals surface area contributed by atoms with Crippen LogP contribution >= 0.6 is 11.6 Å². The number of anilines is 1. The number of nitrogens with one attached hydrogen (secondary N) is 1. The first-order valence-electron chi connectivity index (χ1n) is 10.7. The fraction of sp³-hybridized carbons (Fsp3) is 0.208. The number of carbonyl (C=O) groups is 1. The molecule has 1 N–H and O–H groups in total. The van der Waals surface area contributed by atoms with Crippen molar-refractivity contribution >= 4 is 44.1 Å². The molecule has 9 nitrogen and oxygen atoms in total. The van der Waals surface area contributed by atoms with Gasteiger partial charge in [-0.05, 0) is 62.4 Å². The van der Waals surface area contributed by atoms with E-state index in [4.69, 9.17) is 21.1 Å². The van der Waals surface area contributed by atoms with E-state index in [-0.39, 0.29) is 17.1 Å². The van der Waals surface area contributed by atoms with E-state index in [1.807, 2.05) is 0 Å². The Morgan fingerprint density at radius 3 is 2.34 bits per heavy atom. The summed E-state index contributed by atoms with van der Waals surface area (Å²) >= 11 is 5.88. The van der Waals surface area contributed by atoms with E-state index in [9.17, 15) is 13.2 Å². The Hall–Kier alpha value is -3.63. The van der Waals surface area contributed by atoms with Crippen molar-refractivity contribution in [1.82, 2.24) is 14.8 Å². The monoisotopic (exact) mass is 514 g/mol. The van der Waals surface area contributed by atoms with Crippen LogP contribution in [0.2, 0.25) is 5.02 Å². The summed E-state index contributed by atoms with van der Waals surface area (Å²) in [6, 6.07) is 12.9. The van der Waals surface area contributed by atoms with Crippen LogP contribution in [0.5, 0.6) is 11.5 Å². The number of sulfone groups is 1. The van der Waals surface area contributed by atoms with Crippen LogP contribution in [0.25, 0.3) is 11.0 Å². The van der Waals surface area contributed by atoms with Gasteiger partial charge in [0.25, 0.3) is 0 Å². The van der Waals surface area contributed by atoms with E-state index < -0.39 is 21.7 Å². The molecule has 0 amide bonds. The standard InChI is InChI=1S/C24H23ClN4O5S/c1-4-33-24(30)20-13-26-23-21(15(2)28-29(23)3)22(20)27-14-35(31,32)19-11-9-18(10-12-19)34-17-7-5-16(25)6-8-17/h5-13H,4,14H2,1-3H3,(H,26,27). The van der Waals surface area contributed by atoms with Gasteiger partial charge in [-0.15, -0.1) is 0 Å². The van der Waals surface area contributed by atoms with Crippen molar-refractivity contribution < 1.29 is 22.7 Å². The number of rotatable bonds is 8. The highest BCUT2D eigenvalue weighted by molar-refractivity contribution is 7.91. The van der Waals surface area contributed by atoms with Gasteiger partial charge in [0.2, 0.25) is 0 Å². The number of aryl methyl sites for hydroxylation is 2. The van der Waals surface area contributed by atoms with Gasteiger partial charge in [-0.3, -0.25) is 4.68 Å². The van der Waals surface area contributed by atoms with E-state index in [1.165, 1.54) is 18.3 Å². The molecular formula is C24H23ClN4O5S. The Morgan fingerprint density at radius 1 is 1.09 bits per heavy atom. The molecule has 0 saturated carbocycles. The van der Waals surface area contributed by atoms with Gasteiger partial charge >= 0.3 is 5.97 Å². The van der Waals surface area contributed by atoms with Gasteiger partial charge in [-0.1, -0.05) is 11.6 Å². The molecule has 0 aliphatic rings. The van der Waals surface area contributed by atoms with Crippen LogP contribution in [0.3, 0.4) is 0 Å². The minimum Gasteiger partial charge on any atom is -0.462 e. The number of ether oxygens (including phenoxy) is 2. The van der Waals surface area contributed by atoms with Gasteiger partial charge in [-0.25, -0.2) is 18.2 Å². The van der Waals surface area contributed by atoms with E-state index in [1.54, 1.807) is 62.0 Å². The summed E-state index contributed by atoms with van der Waals surface area (Å²) in [5.74, 6) is -0.00401. The minimum absolute atomic E-state index is 0.0966. The van der Waals surface area contributed by atoms with Crippen molar-refractivity contribution in [3.63, 3.8) is 0 Å². The lowest BCUT2D eigenvalue weighted by Gasteiger charge is -2.14. The average molecular weight is 515 g/mol. The Kier molecular flexibility index (Phi) is 6.95.